The van der Waals surface area contributed by atoms with Crippen LogP contribution in [0.2, 0.25) is 0 Å². The van der Waals surface area contributed by atoms with Gasteiger partial charge in [-0.3, -0.25) is 4.90 Å². The Balaban J connectivity index is 2.19. The smallest absolute Gasteiger partial charge is 0.411 e. The fourth-order valence-corrected chi connectivity index (χ4v) is 3.46. The molecule has 130 valence electrons. The van der Waals surface area contributed by atoms with Gasteiger partial charge in [0.1, 0.15) is 18.2 Å². The van der Waals surface area contributed by atoms with Crippen molar-refractivity contribution >= 4 is 12.1 Å². The number of carbonyl (C=O) groups excluding carboxylic acids is 2. The second-order valence-corrected chi connectivity index (χ2v) is 7.35. The molecule has 1 amide bonds. The summed E-state index contributed by atoms with van der Waals surface area (Å²) in [4.78, 5) is 26.4. The molecule has 1 aliphatic carbocycles. The lowest BCUT2D eigenvalue weighted by Gasteiger charge is -2.36. The predicted octanol–water partition coefficient (Wildman–Crippen LogP) is 2.25. The van der Waals surface area contributed by atoms with Gasteiger partial charge in [0.05, 0.1) is 6.10 Å². The number of aliphatic hydroxyl groups is 1. The van der Waals surface area contributed by atoms with Crippen LogP contribution in [0, 0.1) is 5.92 Å². The van der Waals surface area contributed by atoms with Crippen molar-refractivity contribution in [2.75, 3.05) is 6.61 Å². The maximum Gasteiger partial charge on any atom is 0.411 e. The number of hydrogen-bond donors (Lipinski definition) is 1. The number of hydrogen-bond acceptors (Lipinski definition) is 5. The van der Waals surface area contributed by atoms with Gasteiger partial charge in [0.15, 0.2) is 0 Å². The van der Waals surface area contributed by atoms with Gasteiger partial charge in [-0.15, -0.1) is 0 Å². The van der Waals surface area contributed by atoms with Gasteiger partial charge in [0.25, 0.3) is 0 Å². The van der Waals surface area contributed by atoms with E-state index in [9.17, 15) is 14.7 Å². The van der Waals surface area contributed by atoms with Crippen molar-refractivity contribution in [3.8, 4) is 0 Å². The highest BCUT2D eigenvalue weighted by molar-refractivity contribution is 5.82. The highest BCUT2D eigenvalue weighted by atomic mass is 16.6. The molecular weight excluding hydrogens is 298 g/mol. The minimum atomic E-state index is -0.648. The van der Waals surface area contributed by atoms with E-state index in [4.69, 9.17) is 9.47 Å². The first-order chi connectivity index (χ1) is 10.7. The van der Waals surface area contributed by atoms with E-state index in [0.29, 0.717) is 19.3 Å². The molecule has 6 heteroatoms. The molecule has 6 nitrogen and oxygen atoms in total. The lowest BCUT2D eigenvalue weighted by atomic mass is 9.83. The highest BCUT2D eigenvalue weighted by Crippen LogP contribution is 2.41. The van der Waals surface area contributed by atoms with Crippen LogP contribution in [0.3, 0.4) is 0 Å². The fraction of sp³-hybridized carbons (Fsp3) is 0.765. The number of likely N-dealkylation sites (tertiary alicyclic amines) is 1. The zero-order chi connectivity index (χ0) is 17.2. The van der Waals surface area contributed by atoms with Crippen molar-refractivity contribution in [2.45, 2.75) is 70.2 Å². The molecule has 1 aliphatic heterocycles. The van der Waals surface area contributed by atoms with Crippen LogP contribution in [0.1, 0.15) is 46.5 Å². The molecule has 2 fully saturated rings. The van der Waals surface area contributed by atoms with Crippen molar-refractivity contribution in [2.24, 2.45) is 5.92 Å². The first-order valence-electron chi connectivity index (χ1n) is 8.20. The molecule has 0 bridgehead atoms. The fourth-order valence-electron chi connectivity index (χ4n) is 3.46. The van der Waals surface area contributed by atoms with Crippen molar-refractivity contribution in [1.82, 2.24) is 4.90 Å². The van der Waals surface area contributed by atoms with Crippen LogP contribution < -0.4 is 0 Å². The third-order valence-corrected chi connectivity index (χ3v) is 4.37. The minimum absolute atomic E-state index is 0.120. The second-order valence-electron chi connectivity index (χ2n) is 7.35. The molecule has 4 atom stereocenters. The number of fused-ring (bicyclic) bond motifs is 1. The average Bonchev–Trinajstić information content (AvgIpc) is 2.81. The Kier molecular flexibility index (Phi) is 5.34. The molecule has 2 rings (SSSR count). The number of rotatable bonds is 3. The summed E-state index contributed by atoms with van der Waals surface area (Å²) >= 11 is 0. The normalized spacial score (nSPS) is 30.5. The number of amides is 1. The highest BCUT2D eigenvalue weighted by Gasteiger charge is 2.50. The van der Waals surface area contributed by atoms with Crippen LogP contribution in [0.5, 0.6) is 0 Å². The third-order valence-electron chi connectivity index (χ3n) is 4.37. The molecule has 1 heterocycles. The lowest BCUT2D eigenvalue weighted by Crippen LogP contribution is -2.50. The van der Waals surface area contributed by atoms with Gasteiger partial charge in [-0.1, -0.05) is 12.7 Å². The topological polar surface area (TPSA) is 76.1 Å². The summed E-state index contributed by atoms with van der Waals surface area (Å²) in [6.45, 7) is 9.02. The molecule has 1 saturated carbocycles. The standard InChI is InChI=1S/C17H27NO5/c1-5-8-22-15(20)14-9-11-6-7-12(19)10-13(11)18(14)16(21)23-17(2,3)4/h5,11-14,19H,1,6-10H2,2-4H3/t11-,12+,13-,14-/m0/s1. The minimum Gasteiger partial charge on any atom is -0.460 e. The number of aliphatic hydroxyl groups excluding tert-OH is 1. The zero-order valence-electron chi connectivity index (χ0n) is 14.2. The van der Waals surface area contributed by atoms with Gasteiger partial charge >= 0.3 is 12.1 Å². The maximum absolute atomic E-state index is 12.6. The molecule has 0 aromatic carbocycles. The molecule has 1 N–H and O–H groups in total. The summed E-state index contributed by atoms with van der Waals surface area (Å²) < 4.78 is 10.6. The lowest BCUT2D eigenvalue weighted by molar-refractivity contribution is -0.148. The molecule has 2 aliphatic rings. The Morgan fingerprint density at radius 3 is 2.61 bits per heavy atom. The first-order valence-corrected chi connectivity index (χ1v) is 8.20. The van der Waals surface area contributed by atoms with Crippen molar-refractivity contribution in [1.29, 1.82) is 0 Å². The Bertz CT molecular complexity index is 470. The van der Waals surface area contributed by atoms with Crippen molar-refractivity contribution in [3.63, 3.8) is 0 Å². The Morgan fingerprint density at radius 2 is 2.00 bits per heavy atom. The maximum atomic E-state index is 12.6. The van der Waals surface area contributed by atoms with Crippen LogP contribution in [0.25, 0.3) is 0 Å². The van der Waals surface area contributed by atoms with E-state index >= 15 is 0 Å². The van der Waals surface area contributed by atoms with Gasteiger partial charge in [-0.2, -0.15) is 0 Å². The summed E-state index contributed by atoms with van der Waals surface area (Å²) in [7, 11) is 0. The number of nitrogens with zero attached hydrogens (tertiary/aromatic N) is 1. The molecule has 0 aromatic rings. The largest absolute Gasteiger partial charge is 0.460 e. The van der Waals surface area contributed by atoms with Gasteiger partial charge in [0, 0.05) is 6.04 Å². The van der Waals surface area contributed by atoms with E-state index in [-0.39, 0.29) is 18.6 Å². The van der Waals surface area contributed by atoms with Gasteiger partial charge in [-0.25, -0.2) is 9.59 Å². The van der Waals surface area contributed by atoms with E-state index < -0.39 is 29.8 Å². The molecule has 0 spiro atoms. The van der Waals surface area contributed by atoms with Crippen LogP contribution >= 0.6 is 0 Å². The van der Waals surface area contributed by atoms with E-state index in [2.05, 4.69) is 6.58 Å². The molecule has 1 saturated heterocycles. The summed E-state index contributed by atoms with van der Waals surface area (Å²) in [6.07, 6.45) is 3.10. The van der Waals surface area contributed by atoms with Crippen molar-refractivity contribution < 1.29 is 24.2 Å². The van der Waals surface area contributed by atoms with Crippen molar-refractivity contribution in [3.05, 3.63) is 12.7 Å². The first kappa shape index (κ1) is 17.8. The second kappa shape index (κ2) is 6.91. The van der Waals surface area contributed by atoms with E-state index in [1.54, 1.807) is 20.8 Å². The molecular formula is C17H27NO5. The van der Waals surface area contributed by atoms with E-state index in [0.717, 1.165) is 6.42 Å². The molecule has 0 aromatic heterocycles. The third kappa shape index (κ3) is 4.25. The molecule has 23 heavy (non-hydrogen) atoms. The number of carbonyl (C=O) groups is 2. The zero-order valence-corrected chi connectivity index (χ0v) is 14.2. The molecule has 0 radical (unpaired) electrons. The van der Waals surface area contributed by atoms with Crippen LogP contribution in [0.4, 0.5) is 4.79 Å². The van der Waals surface area contributed by atoms with E-state index in [1.165, 1.54) is 11.0 Å². The van der Waals surface area contributed by atoms with Crippen LogP contribution in [0.15, 0.2) is 12.7 Å². The van der Waals surface area contributed by atoms with E-state index in [1.807, 2.05) is 0 Å². The summed E-state index contributed by atoms with van der Waals surface area (Å²) in [5.41, 5.74) is -0.641. The predicted molar refractivity (Wildman–Crippen MR) is 84.8 cm³/mol. The summed E-state index contributed by atoms with van der Waals surface area (Å²) in [5, 5.41) is 9.95. The Labute approximate surface area is 137 Å². The summed E-state index contributed by atoms with van der Waals surface area (Å²) in [6, 6.07) is -0.819. The number of esters is 1. The Hall–Kier alpha value is -1.56. The quantitative estimate of drug-likeness (QED) is 0.636. The van der Waals surface area contributed by atoms with Gasteiger partial charge < -0.3 is 14.6 Å². The van der Waals surface area contributed by atoms with Crippen LogP contribution in [-0.4, -0.2) is 52.5 Å². The molecule has 0 unspecified atom stereocenters. The Morgan fingerprint density at radius 1 is 1.30 bits per heavy atom. The monoisotopic (exact) mass is 325 g/mol. The van der Waals surface area contributed by atoms with Gasteiger partial charge in [-0.05, 0) is 52.4 Å². The van der Waals surface area contributed by atoms with Gasteiger partial charge in [0.2, 0.25) is 0 Å². The summed E-state index contributed by atoms with van der Waals surface area (Å²) in [5.74, 6) is -0.230. The van der Waals surface area contributed by atoms with Crippen LogP contribution in [-0.2, 0) is 14.3 Å². The SMILES string of the molecule is C=CCOC(=O)[C@@H]1C[C@@H]2CC[C@@H](O)C[C@@H]2N1C(=O)OC(C)(C)C. The average molecular weight is 325 g/mol. The number of ether oxygens (including phenoxy) is 2.